The number of rotatable bonds is 7. The van der Waals surface area contributed by atoms with Crippen LogP contribution in [0.1, 0.15) is 27.2 Å². The Morgan fingerprint density at radius 2 is 1.76 bits per heavy atom. The monoisotopic (exact) mass is 712 g/mol. The van der Waals surface area contributed by atoms with Crippen molar-refractivity contribution < 1.29 is 54.2 Å². The maximum atomic E-state index is 15.2. The van der Waals surface area contributed by atoms with Gasteiger partial charge >= 0.3 is 18.3 Å². The summed E-state index contributed by atoms with van der Waals surface area (Å²) in [5, 5.41) is 2.37. The van der Waals surface area contributed by atoms with Gasteiger partial charge in [0.25, 0.3) is 11.5 Å². The minimum absolute atomic E-state index is 0.0423. The van der Waals surface area contributed by atoms with Crippen molar-refractivity contribution >= 4 is 28.5 Å². The fraction of sp³-hybridized carbons (Fsp3) is 0.333. The number of esters is 1. The van der Waals surface area contributed by atoms with E-state index in [0.29, 0.717) is 17.0 Å². The Labute approximate surface area is 278 Å². The van der Waals surface area contributed by atoms with Crippen molar-refractivity contribution in [1.29, 1.82) is 0 Å². The summed E-state index contributed by atoms with van der Waals surface area (Å²) in [5.74, 6) is -5.52. The number of benzene rings is 2. The van der Waals surface area contributed by atoms with E-state index in [-0.39, 0.29) is 40.9 Å². The van der Waals surface area contributed by atoms with Crippen molar-refractivity contribution in [2.75, 3.05) is 31.8 Å². The van der Waals surface area contributed by atoms with Crippen molar-refractivity contribution in [2.45, 2.75) is 37.8 Å². The molecule has 1 saturated heterocycles. The number of carbonyl (C=O) groups excluding carboxylic acids is 2. The lowest BCUT2D eigenvalue weighted by Crippen LogP contribution is -2.53. The lowest BCUT2D eigenvalue weighted by molar-refractivity contribution is -0.167. The van der Waals surface area contributed by atoms with Crippen LogP contribution in [0.4, 0.5) is 40.8 Å². The second-order valence-corrected chi connectivity index (χ2v) is 11.5. The van der Waals surface area contributed by atoms with Crippen LogP contribution < -0.4 is 15.8 Å². The smallest absolute Gasteiger partial charge is 0.417 e. The highest BCUT2D eigenvalue weighted by Crippen LogP contribution is 2.39. The molecular weight excluding hydrogens is 684 g/mol. The molecule has 0 bridgehead atoms. The summed E-state index contributed by atoms with van der Waals surface area (Å²) < 4.78 is 124. The number of aryl methyl sites for hydroxylation is 1. The molecule has 1 aliphatic heterocycles. The molecular formula is C33H28F8N4O5. The maximum Gasteiger partial charge on any atom is 0.417 e. The number of fused-ring (bicyclic) bond motifs is 1. The highest BCUT2D eigenvalue weighted by atomic mass is 19.4. The Balaban J connectivity index is 1.50. The van der Waals surface area contributed by atoms with Crippen molar-refractivity contribution in [3.63, 3.8) is 0 Å². The van der Waals surface area contributed by atoms with Crippen LogP contribution in [0.25, 0.3) is 22.0 Å². The van der Waals surface area contributed by atoms with E-state index in [1.54, 1.807) is 0 Å². The highest BCUT2D eigenvalue weighted by molar-refractivity contribution is 5.99. The standard InChI is InChI=1S/C33H28F8N4O5/c1-16-11-21(32(36,37)38)26(30(47)44(16)2)20-7-6-17(19-5-4-8-42-28(19)20)12-24(31(48)49-3)43-29(46)27-22(34)13-18(14-23(27)35)45-9-10-50-15-25(45)33(39,40)41/h4-8,11,13-14,24-25H,9-10,12,15H2,1-3H3,(H,43,46)/t24-,25+/m0/s1. The van der Waals surface area contributed by atoms with Crippen LogP contribution in [-0.4, -0.2) is 66.6 Å². The van der Waals surface area contributed by atoms with Gasteiger partial charge in [-0.05, 0) is 36.8 Å². The molecule has 9 nitrogen and oxygen atoms in total. The molecule has 50 heavy (non-hydrogen) atoms. The second kappa shape index (κ2) is 13.7. The van der Waals surface area contributed by atoms with Gasteiger partial charge in [0.15, 0.2) is 0 Å². The number of morpholine rings is 1. The molecule has 1 aliphatic rings. The first-order valence-corrected chi connectivity index (χ1v) is 14.9. The summed E-state index contributed by atoms with van der Waals surface area (Å²) in [4.78, 5) is 44.1. The first-order chi connectivity index (χ1) is 23.4. The van der Waals surface area contributed by atoms with Crippen molar-refractivity contribution in [2.24, 2.45) is 7.05 Å². The number of methoxy groups -OCH3 is 1. The van der Waals surface area contributed by atoms with Gasteiger partial charge in [0.2, 0.25) is 0 Å². The lowest BCUT2D eigenvalue weighted by Gasteiger charge is -2.38. The number of amides is 1. The average molecular weight is 713 g/mol. The Hall–Kier alpha value is -5.06. The number of anilines is 1. The molecule has 0 radical (unpaired) electrons. The van der Waals surface area contributed by atoms with Gasteiger partial charge in [-0.3, -0.25) is 14.6 Å². The molecule has 17 heteroatoms. The third kappa shape index (κ3) is 6.99. The molecule has 266 valence electrons. The van der Waals surface area contributed by atoms with E-state index in [0.717, 1.165) is 17.7 Å². The van der Waals surface area contributed by atoms with Gasteiger partial charge in [-0.1, -0.05) is 18.2 Å². The summed E-state index contributed by atoms with van der Waals surface area (Å²) in [6.07, 6.45) is -8.82. The van der Waals surface area contributed by atoms with Crippen LogP contribution in [0.5, 0.6) is 0 Å². The van der Waals surface area contributed by atoms with Gasteiger partial charge in [-0.2, -0.15) is 26.3 Å². The summed E-state index contributed by atoms with van der Waals surface area (Å²) in [6.45, 7) is 0.0958. The van der Waals surface area contributed by atoms with Crippen LogP contribution >= 0.6 is 0 Å². The van der Waals surface area contributed by atoms with Gasteiger partial charge in [0.05, 0.1) is 37.0 Å². The fourth-order valence-electron chi connectivity index (χ4n) is 5.83. The molecule has 2 aromatic heterocycles. The maximum absolute atomic E-state index is 15.2. The third-order valence-electron chi connectivity index (χ3n) is 8.41. The topological polar surface area (TPSA) is 103 Å². The molecule has 3 heterocycles. The molecule has 2 atom stereocenters. The second-order valence-electron chi connectivity index (χ2n) is 11.5. The molecule has 5 rings (SSSR count). The quantitative estimate of drug-likeness (QED) is 0.200. The zero-order valence-corrected chi connectivity index (χ0v) is 26.5. The Kier molecular flexibility index (Phi) is 9.92. The van der Waals surface area contributed by atoms with E-state index in [1.807, 2.05) is 0 Å². The van der Waals surface area contributed by atoms with Crippen molar-refractivity contribution in [3.8, 4) is 11.1 Å². The minimum Gasteiger partial charge on any atom is -0.467 e. The number of alkyl halides is 6. The third-order valence-corrected chi connectivity index (χ3v) is 8.41. The van der Waals surface area contributed by atoms with Gasteiger partial charge in [0.1, 0.15) is 29.3 Å². The number of pyridine rings is 2. The van der Waals surface area contributed by atoms with Crippen molar-refractivity contribution in [3.05, 3.63) is 93.0 Å². The van der Waals surface area contributed by atoms with E-state index in [9.17, 15) is 40.7 Å². The molecule has 0 aliphatic carbocycles. The molecule has 0 saturated carbocycles. The first kappa shape index (κ1) is 36.2. The molecule has 4 aromatic rings. The summed E-state index contributed by atoms with van der Waals surface area (Å²) in [5.41, 5.74) is -4.36. The average Bonchev–Trinajstić information content (AvgIpc) is 3.05. The predicted molar refractivity (Wildman–Crippen MR) is 163 cm³/mol. The Bertz CT molecular complexity index is 2010. The van der Waals surface area contributed by atoms with Crippen molar-refractivity contribution in [1.82, 2.24) is 14.9 Å². The molecule has 0 spiro atoms. The normalized spacial score (nSPS) is 16.0. The largest absolute Gasteiger partial charge is 0.467 e. The number of aromatic nitrogens is 2. The van der Waals surface area contributed by atoms with Gasteiger partial charge < -0.3 is 24.3 Å². The Morgan fingerprint density at radius 3 is 2.38 bits per heavy atom. The zero-order valence-electron chi connectivity index (χ0n) is 26.5. The zero-order chi connectivity index (χ0) is 36.7. The number of hydrogen-bond acceptors (Lipinski definition) is 7. The van der Waals surface area contributed by atoms with Crippen LogP contribution in [-0.2, 0) is 33.9 Å². The van der Waals surface area contributed by atoms with E-state index >= 15 is 8.78 Å². The van der Waals surface area contributed by atoms with Crippen LogP contribution in [0.15, 0.2) is 53.5 Å². The van der Waals surface area contributed by atoms with Crippen LogP contribution in [0.2, 0.25) is 0 Å². The highest BCUT2D eigenvalue weighted by Gasteiger charge is 2.46. The number of nitrogens with zero attached hydrogens (tertiary/aromatic N) is 3. The fourth-order valence-corrected chi connectivity index (χ4v) is 5.83. The lowest BCUT2D eigenvalue weighted by atomic mass is 9.93. The predicted octanol–water partition coefficient (Wildman–Crippen LogP) is 5.49. The summed E-state index contributed by atoms with van der Waals surface area (Å²) >= 11 is 0. The van der Waals surface area contributed by atoms with E-state index in [4.69, 9.17) is 9.47 Å². The number of halogens is 8. The Morgan fingerprint density at radius 1 is 1.08 bits per heavy atom. The molecule has 2 aromatic carbocycles. The van der Waals surface area contributed by atoms with Gasteiger partial charge in [-0.15, -0.1) is 0 Å². The number of ether oxygens (including phenoxy) is 2. The van der Waals surface area contributed by atoms with Crippen LogP contribution in [0.3, 0.4) is 0 Å². The van der Waals surface area contributed by atoms with E-state index < -0.39 is 88.9 Å². The number of hydrogen-bond donors (Lipinski definition) is 1. The van der Waals surface area contributed by atoms with Crippen LogP contribution in [0, 0.1) is 18.6 Å². The van der Waals surface area contributed by atoms with Gasteiger partial charge in [0, 0.05) is 48.5 Å². The number of nitrogens with one attached hydrogen (secondary N) is 1. The SMILES string of the molecule is COC(=O)[C@H](Cc1ccc(-c2c(C(F)(F)F)cc(C)n(C)c2=O)c2ncccc12)NC(=O)c1c(F)cc(N2CCOC[C@@H]2C(F)(F)F)cc1F. The molecule has 1 fully saturated rings. The summed E-state index contributed by atoms with van der Waals surface area (Å²) in [7, 11) is 2.29. The molecule has 0 unspecified atom stereocenters. The van der Waals surface area contributed by atoms with E-state index in [2.05, 4.69) is 10.3 Å². The molecule has 1 amide bonds. The first-order valence-electron chi connectivity index (χ1n) is 14.9. The van der Waals surface area contributed by atoms with E-state index in [1.165, 1.54) is 44.4 Å². The number of carbonyl (C=O) groups is 2. The summed E-state index contributed by atoms with van der Waals surface area (Å²) in [6, 6.07) is 3.59. The molecule has 1 N–H and O–H groups in total. The minimum atomic E-state index is -4.90. The van der Waals surface area contributed by atoms with Gasteiger partial charge in [-0.25, -0.2) is 13.6 Å².